The predicted molar refractivity (Wildman–Crippen MR) is 72.3 cm³/mol. The molecule has 2 rings (SSSR count). The molecule has 0 spiro atoms. The average Bonchev–Trinajstić information content (AvgIpc) is 2.70. The highest BCUT2D eigenvalue weighted by atomic mass is 19.1. The number of aromatic nitrogens is 1. The van der Waals surface area contributed by atoms with E-state index in [1.807, 2.05) is 33.0 Å². The predicted octanol–water partition coefficient (Wildman–Crippen LogP) is 3.62. The average molecular weight is 262 g/mol. The van der Waals surface area contributed by atoms with Gasteiger partial charge in [-0.05, 0) is 45.5 Å². The van der Waals surface area contributed by atoms with Gasteiger partial charge in [0.05, 0.1) is 5.69 Å². The maximum Gasteiger partial charge on any atom is 0.138 e. The van der Waals surface area contributed by atoms with Gasteiger partial charge >= 0.3 is 0 Å². The lowest BCUT2D eigenvalue weighted by Gasteiger charge is -2.25. The van der Waals surface area contributed by atoms with Gasteiger partial charge in [-0.2, -0.15) is 0 Å². The SMILES string of the molecule is Cc1noc(C)c1CN(C)[C@H](C)c1ccc(F)cc1. The van der Waals surface area contributed by atoms with Crippen molar-refractivity contribution in [1.29, 1.82) is 0 Å². The Hall–Kier alpha value is -1.68. The Balaban J connectivity index is 2.11. The summed E-state index contributed by atoms with van der Waals surface area (Å²) in [6.07, 6.45) is 0. The van der Waals surface area contributed by atoms with E-state index < -0.39 is 0 Å². The van der Waals surface area contributed by atoms with Crippen LogP contribution in [-0.2, 0) is 6.54 Å². The maximum absolute atomic E-state index is 12.9. The largest absolute Gasteiger partial charge is 0.361 e. The topological polar surface area (TPSA) is 29.3 Å². The molecule has 0 amide bonds. The van der Waals surface area contributed by atoms with Gasteiger partial charge in [0.15, 0.2) is 0 Å². The van der Waals surface area contributed by atoms with E-state index in [9.17, 15) is 4.39 Å². The van der Waals surface area contributed by atoms with Crippen LogP contribution in [0.15, 0.2) is 28.8 Å². The van der Waals surface area contributed by atoms with Gasteiger partial charge in [-0.3, -0.25) is 4.90 Å². The van der Waals surface area contributed by atoms with Gasteiger partial charge < -0.3 is 4.52 Å². The molecule has 0 aliphatic carbocycles. The molecule has 0 unspecified atom stereocenters. The van der Waals surface area contributed by atoms with Crippen LogP contribution in [0.3, 0.4) is 0 Å². The normalized spacial score (nSPS) is 12.9. The first-order valence-electron chi connectivity index (χ1n) is 6.36. The van der Waals surface area contributed by atoms with Crippen molar-refractivity contribution < 1.29 is 8.91 Å². The second-order valence-corrected chi connectivity index (χ2v) is 4.95. The van der Waals surface area contributed by atoms with Crippen molar-refractivity contribution in [2.24, 2.45) is 0 Å². The van der Waals surface area contributed by atoms with Crippen LogP contribution in [0.1, 0.15) is 35.5 Å². The molecule has 102 valence electrons. The summed E-state index contributed by atoms with van der Waals surface area (Å²) in [7, 11) is 2.04. The minimum Gasteiger partial charge on any atom is -0.361 e. The lowest BCUT2D eigenvalue weighted by Crippen LogP contribution is -2.22. The molecule has 1 heterocycles. The Morgan fingerprint density at radius 3 is 2.42 bits per heavy atom. The van der Waals surface area contributed by atoms with Crippen molar-refractivity contribution >= 4 is 0 Å². The number of benzene rings is 1. The number of nitrogens with zero attached hydrogens (tertiary/aromatic N) is 2. The highest BCUT2D eigenvalue weighted by Gasteiger charge is 2.16. The highest BCUT2D eigenvalue weighted by molar-refractivity contribution is 5.22. The fourth-order valence-corrected chi connectivity index (χ4v) is 2.11. The van der Waals surface area contributed by atoms with Crippen LogP contribution in [0.5, 0.6) is 0 Å². The molecular weight excluding hydrogens is 243 g/mol. The van der Waals surface area contributed by atoms with Gasteiger partial charge in [0, 0.05) is 18.2 Å². The Morgan fingerprint density at radius 1 is 1.26 bits per heavy atom. The fourth-order valence-electron chi connectivity index (χ4n) is 2.11. The quantitative estimate of drug-likeness (QED) is 0.842. The molecule has 0 N–H and O–H groups in total. The zero-order valence-electron chi connectivity index (χ0n) is 11.8. The minimum absolute atomic E-state index is 0.203. The van der Waals surface area contributed by atoms with Crippen molar-refractivity contribution in [2.45, 2.75) is 33.4 Å². The molecule has 0 bridgehead atoms. The summed E-state index contributed by atoms with van der Waals surface area (Å²) in [6, 6.07) is 6.84. The Kier molecular flexibility index (Phi) is 4.00. The zero-order valence-corrected chi connectivity index (χ0v) is 11.8. The summed E-state index contributed by atoms with van der Waals surface area (Å²) in [6.45, 7) is 6.74. The molecule has 0 saturated carbocycles. The first-order chi connectivity index (χ1) is 8.99. The molecule has 0 aliphatic rings. The van der Waals surface area contributed by atoms with Crippen LogP contribution in [-0.4, -0.2) is 17.1 Å². The van der Waals surface area contributed by atoms with Gasteiger partial charge in [0.25, 0.3) is 0 Å². The van der Waals surface area contributed by atoms with Gasteiger partial charge in [-0.1, -0.05) is 17.3 Å². The molecule has 1 atom stereocenters. The van der Waals surface area contributed by atoms with E-state index in [0.717, 1.165) is 29.1 Å². The van der Waals surface area contributed by atoms with Crippen LogP contribution < -0.4 is 0 Å². The molecule has 1 aromatic heterocycles. The van der Waals surface area contributed by atoms with E-state index in [4.69, 9.17) is 4.52 Å². The van der Waals surface area contributed by atoms with Crippen LogP contribution in [0.4, 0.5) is 4.39 Å². The molecular formula is C15H19FN2O. The molecule has 1 aromatic carbocycles. The molecule has 0 saturated heterocycles. The zero-order chi connectivity index (χ0) is 14.0. The van der Waals surface area contributed by atoms with E-state index in [2.05, 4.69) is 17.0 Å². The lowest BCUT2D eigenvalue weighted by atomic mass is 10.1. The summed E-state index contributed by atoms with van der Waals surface area (Å²) in [4.78, 5) is 2.19. The number of aryl methyl sites for hydroxylation is 2. The second kappa shape index (κ2) is 5.53. The van der Waals surface area contributed by atoms with Gasteiger partial charge in [0.1, 0.15) is 11.6 Å². The van der Waals surface area contributed by atoms with E-state index in [1.165, 1.54) is 12.1 Å². The monoisotopic (exact) mass is 262 g/mol. The van der Waals surface area contributed by atoms with Crippen molar-refractivity contribution in [2.75, 3.05) is 7.05 Å². The number of halogens is 1. The van der Waals surface area contributed by atoms with Gasteiger partial charge in [-0.25, -0.2) is 4.39 Å². The Labute approximate surface area is 113 Å². The third-order valence-electron chi connectivity index (χ3n) is 3.60. The molecule has 0 fully saturated rings. The highest BCUT2D eigenvalue weighted by Crippen LogP contribution is 2.23. The van der Waals surface area contributed by atoms with Crippen LogP contribution in [0.25, 0.3) is 0 Å². The molecule has 3 nitrogen and oxygen atoms in total. The molecule has 4 heteroatoms. The third kappa shape index (κ3) is 3.01. The molecule has 0 aliphatic heterocycles. The Morgan fingerprint density at radius 2 is 1.89 bits per heavy atom. The lowest BCUT2D eigenvalue weighted by molar-refractivity contribution is 0.251. The molecule has 2 aromatic rings. The first kappa shape index (κ1) is 13.7. The van der Waals surface area contributed by atoms with Gasteiger partial charge in [0.2, 0.25) is 0 Å². The van der Waals surface area contributed by atoms with Crippen molar-refractivity contribution in [3.05, 3.63) is 52.7 Å². The van der Waals surface area contributed by atoms with Crippen LogP contribution in [0, 0.1) is 19.7 Å². The number of hydrogen-bond acceptors (Lipinski definition) is 3. The van der Waals surface area contributed by atoms with E-state index in [1.54, 1.807) is 0 Å². The van der Waals surface area contributed by atoms with Crippen molar-refractivity contribution in [3.63, 3.8) is 0 Å². The Bertz CT molecular complexity index is 528. The number of rotatable bonds is 4. The number of hydrogen-bond donors (Lipinski definition) is 0. The standard InChI is InChI=1S/C15H19FN2O/c1-10-15(12(3)19-17-10)9-18(4)11(2)13-5-7-14(16)8-6-13/h5-8,11H,9H2,1-4H3/t11-/m1/s1. The fraction of sp³-hybridized carbons (Fsp3) is 0.400. The maximum atomic E-state index is 12.9. The van der Waals surface area contributed by atoms with Crippen LogP contribution in [0.2, 0.25) is 0 Å². The summed E-state index contributed by atoms with van der Waals surface area (Å²) >= 11 is 0. The van der Waals surface area contributed by atoms with Crippen molar-refractivity contribution in [1.82, 2.24) is 10.1 Å². The second-order valence-electron chi connectivity index (χ2n) is 4.95. The minimum atomic E-state index is -0.204. The van der Waals surface area contributed by atoms with E-state index in [0.29, 0.717) is 0 Å². The third-order valence-corrected chi connectivity index (χ3v) is 3.60. The van der Waals surface area contributed by atoms with Gasteiger partial charge in [-0.15, -0.1) is 0 Å². The van der Waals surface area contributed by atoms with E-state index in [-0.39, 0.29) is 11.9 Å². The summed E-state index contributed by atoms with van der Waals surface area (Å²) < 4.78 is 18.1. The van der Waals surface area contributed by atoms with Crippen molar-refractivity contribution in [3.8, 4) is 0 Å². The summed E-state index contributed by atoms with van der Waals surface area (Å²) in [5.41, 5.74) is 3.14. The first-order valence-corrected chi connectivity index (χ1v) is 6.36. The molecule has 0 radical (unpaired) electrons. The van der Waals surface area contributed by atoms with Crippen LogP contribution >= 0.6 is 0 Å². The molecule has 19 heavy (non-hydrogen) atoms. The smallest absolute Gasteiger partial charge is 0.138 e. The summed E-state index contributed by atoms with van der Waals surface area (Å²) in [5.74, 6) is 0.653. The van der Waals surface area contributed by atoms with E-state index >= 15 is 0 Å². The summed E-state index contributed by atoms with van der Waals surface area (Å²) in [5, 5.41) is 3.96.